The highest BCUT2D eigenvalue weighted by atomic mass is 35.5. The van der Waals surface area contributed by atoms with Gasteiger partial charge in [0.15, 0.2) is 0 Å². The van der Waals surface area contributed by atoms with Gasteiger partial charge in [-0.25, -0.2) is 9.97 Å². The Balaban J connectivity index is 1.55. The molecule has 0 radical (unpaired) electrons. The van der Waals surface area contributed by atoms with Crippen LogP contribution in [0.1, 0.15) is 36.4 Å². The molecule has 1 aliphatic heterocycles. The molecule has 4 nitrogen and oxygen atoms in total. The van der Waals surface area contributed by atoms with Gasteiger partial charge in [-0.2, -0.15) is 0 Å². The number of aromatic nitrogens is 2. The molecule has 0 aliphatic carbocycles. The lowest BCUT2D eigenvalue weighted by Gasteiger charge is -2.32. The van der Waals surface area contributed by atoms with Gasteiger partial charge in [0.05, 0.1) is 0 Å². The lowest BCUT2D eigenvalue weighted by Crippen LogP contribution is -2.39. The third-order valence-corrected chi connectivity index (χ3v) is 4.59. The number of amides is 1. The van der Waals surface area contributed by atoms with Crippen LogP contribution in [-0.2, 0) is 11.2 Å². The summed E-state index contributed by atoms with van der Waals surface area (Å²) in [7, 11) is 0. The molecule has 1 saturated heterocycles. The van der Waals surface area contributed by atoms with Gasteiger partial charge in [-0.1, -0.05) is 23.7 Å². The highest BCUT2D eigenvalue weighted by molar-refractivity contribution is 6.30. The van der Waals surface area contributed by atoms with E-state index in [9.17, 15) is 4.79 Å². The monoisotopic (exact) mass is 329 g/mol. The van der Waals surface area contributed by atoms with Crippen LogP contribution in [0.4, 0.5) is 0 Å². The number of hydrogen-bond donors (Lipinski definition) is 0. The molecule has 1 aliphatic rings. The lowest BCUT2D eigenvalue weighted by molar-refractivity contribution is -0.132. The zero-order valence-corrected chi connectivity index (χ0v) is 13.7. The van der Waals surface area contributed by atoms with E-state index in [4.69, 9.17) is 11.6 Å². The van der Waals surface area contributed by atoms with Gasteiger partial charge in [0.1, 0.15) is 6.33 Å². The summed E-state index contributed by atoms with van der Waals surface area (Å²) in [6, 6.07) is 9.65. The second kappa shape index (κ2) is 7.55. The van der Waals surface area contributed by atoms with Crippen molar-refractivity contribution in [3.8, 4) is 0 Å². The van der Waals surface area contributed by atoms with Crippen LogP contribution in [0.5, 0.6) is 0 Å². The maximum Gasteiger partial charge on any atom is 0.222 e. The normalized spacial score (nSPS) is 18.0. The molecular weight excluding hydrogens is 310 g/mol. The van der Waals surface area contributed by atoms with Crippen LogP contribution in [0, 0.1) is 0 Å². The van der Waals surface area contributed by atoms with Crippen LogP contribution in [-0.4, -0.2) is 33.9 Å². The number of benzene rings is 1. The third-order valence-electron chi connectivity index (χ3n) is 4.34. The Morgan fingerprint density at radius 2 is 2.09 bits per heavy atom. The summed E-state index contributed by atoms with van der Waals surface area (Å²) in [6.45, 7) is 1.61. The Labute approximate surface area is 141 Å². The fourth-order valence-corrected chi connectivity index (χ4v) is 3.17. The largest absolute Gasteiger partial charge is 0.342 e. The van der Waals surface area contributed by atoms with E-state index in [1.165, 1.54) is 0 Å². The highest BCUT2D eigenvalue weighted by Crippen LogP contribution is 2.25. The Kier molecular flexibility index (Phi) is 5.23. The van der Waals surface area contributed by atoms with Crippen LogP contribution in [0.25, 0.3) is 0 Å². The van der Waals surface area contributed by atoms with Crippen LogP contribution in [0.3, 0.4) is 0 Å². The van der Waals surface area contributed by atoms with Gasteiger partial charge in [0.2, 0.25) is 5.91 Å². The molecule has 1 fully saturated rings. The van der Waals surface area contributed by atoms with Crippen LogP contribution in [0.2, 0.25) is 5.02 Å². The van der Waals surface area contributed by atoms with Gasteiger partial charge < -0.3 is 4.90 Å². The Hall–Kier alpha value is -1.94. The first kappa shape index (κ1) is 15.9. The molecule has 1 amide bonds. The maximum absolute atomic E-state index is 12.5. The molecule has 0 N–H and O–H groups in total. The van der Waals surface area contributed by atoms with Gasteiger partial charge in [0.25, 0.3) is 0 Å². The molecule has 3 rings (SSSR count). The number of rotatable bonds is 4. The number of nitrogens with zero attached hydrogens (tertiary/aromatic N) is 3. The molecule has 1 aromatic heterocycles. The number of piperidine rings is 1. The number of halogens is 1. The van der Waals surface area contributed by atoms with Crippen molar-refractivity contribution >= 4 is 17.5 Å². The predicted octanol–water partition coefficient (Wildman–Crippen LogP) is 3.47. The SMILES string of the molecule is O=C(CCc1ccc(Cl)cc1)N1CCC[C@H](c2ccncn2)C1. The van der Waals surface area contributed by atoms with Gasteiger partial charge in [-0.3, -0.25) is 4.79 Å². The molecule has 0 bridgehead atoms. The number of carbonyl (C=O) groups excluding carboxylic acids is 1. The van der Waals surface area contributed by atoms with E-state index < -0.39 is 0 Å². The summed E-state index contributed by atoms with van der Waals surface area (Å²) in [5.41, 5.74) is 2.18. The van der Waals surface area contributed by atoms with Crippen LogP contribution in [0.15, 0.2) is 42.9 Å². The number of aryl methyl sites for hydroxylation is 1. The van der Waals surface area contributed by atoms with Gasteiger partial charge >= 0.3 is 0 Å². The first-order valence-electron chi connectivity index (χ1n) is 8.00. The molecule has 120 valence electrons. The van der Waals surface area contributed by atoms with E-state index in [2.05, 4.69) is 9.97 Å². The average molecular weight is 330 g/mol. The average Bonchev–Trinajstić information content (AvgIpc) is 2.62. The molecular formula is C18H20ClN3O. The Morgan fingerprint density at radius 1 is 1.26 bits per heavy atom. The van der Waals surface area contributed by atoms with E-state index in [1.807, 2.05) is 35.2 Å². The van der Waals surface area contributed by atoms with Crippen LogP contribution < -0.4 is 0 Å². The fraction of sp³-hybridized carbons (Fsp3) is 0.389. The first-order chi connectivity index (χ1) is 11.2. The third kappa shape index (κ3) is 4.29. The smallest absolute Gasteiger partial charge is 0.222 e. The second-order valence-electron chi connectivity index (χ2n) is 5.94. The van der Waals surface area contributed by atoms with Crippen molar-refractivity contribution in [2.24, 2.45) is 0 Å². The van der Waals surface area contributed by atoms with Crippen LogP contribution >= 0.6 is 11.6 Å². The molecule has 2 heterocycles. The number of likely N-dealkylation sites (tertiary alicyclic amines) is 1. The molecule has 2 aromatic rings. The summed E-state index contributed by atoms with van der Waals surface area (Å²) < 4.78 is 0. The van der Waals surface area contributed by atoms with Gasteiger partial charge in [-0.05, 0) is 43.0 Å². The quantitative estimate of drug-likeness (QED) is 0.862. The molecule has 0 spiro atoms. The van der Waals surface area contributed by atoms with Crippen molar-refractivity contribution in [2.75, 3.05) is 13.1 Å². The lowest BCUT2D eigenvalue weighted by atomic mass is 9.94. The van der Waals surface area contributed by atoms with E-state index in [0.717, 1.165) is 48.6 Å². The zero-order valence-electron chi connectivity index (χ0n) is 13.0. The summed E-state index contributed by atoms with van der Waals surface area (Å²) in [4.78, 5) is 22.8. The minimum absolute atomic E-state index is 0.221. The number of carbonyl (C=O) groups is 1. The minimum Gasteiger partial charge on any atom is -0.342 e. The van der Waals surface area contributed by atoms with E-state index >= 15 is 0 Å². The molecule has 1 atom stereocenters. The predicted molar refractivity (Wildman–Crippen MR) is 90.4 cm³/mol. The Bertz CT molecular complexity index is 645. The molecule has 1 aromatic carbocycles. The van der Waals surface area contributed by atoms with Crippen molar-refractivity contribution in [3.63, 3.8) is 0 Å². The van der Waals surface area contributed by atoms with Gasteiger partial charge in [-0.15, -0.1) is 0 Å². The standard InChI is InChI=1S/C18H20ClN3O/c19-16-6-3-14(4-7-16)5-8-18(23)22-11-1-2-15(12-22)17-9-10-20-13-21-17/h3-4,6-7,9-10,13,15H,1-2,5,8,11-12H2/t15-/m0/s1. The molecule has 0 unspecified atom stereocenters. The van der Waals surface area contributed by atoms with Crippen molar-refractivity contribution in [1.82, 2.24) is 14.9 Å². The van der Waals surface area contributed by atoms with Crippen molar-refractivity contribution in [3.05, 3.63) is 59.1 Å². The van der Waals surface area contributed by atoms with Crippen molar-refractivity contribution in [2.45, 2.75) is 31.6 Å². The Morgan fingerprint density at radius 3 is 2.83 bits per heavy atom. The molecule has 23 heavy (non-hydrogen) atoms. The second-order valence-corrected chi connectivity index (χ2v) is 6.38. The highest BCUT2D eigenvalue weighted by Gasteiger charge is 2.25. The maximum atomic E-state index is 12.5. The zero-order chi connectivity index (χ0) is 16.1. The van der Waals surface area contributed by atoms with E-state index in [1.54, 1.807) is 12.5 Å². The van der Waals surface area contributed by atoms with Gasteiger partial charge in [0, 0.05) is 42.3 Å². The summed E-state index contributed by atoms with van der Waals surface area (Å²) in [5.74, 6) is 0.546. The molecule has 0 saturated carbocycles. The minimum atomic E-state index is 0.221. The topological polar surface area (TPSA) is 46.1 Å². The fourth-order valence-electron chi connectivity index (χ4n) is 3.05. The number of hydrogen-bond acceptors (Lipinski definition) is 3. The van der Waals surface area contributed by atoms with Crippen molar-refractivity contribution < 1.29 is 4.79 Å². The summed E-state index contributed by atoms with van der Waals surface area (Å²) in [6.07, 6.45) is 6.75. The van der Waals surface area contributed by atoms with E-state index in [0.29, 0.717) is 12.3 Å². The first-order valence-corrected chi connectivity index (χ1v) is 8.38. The molecule has 5 heteroatoms. The summed E-state index contributed by atoms with van der Waals surface area (Å²) in [5, 5.41) is 0.726. The van der Waals surface area contributed by atoms with Crippen molar-refractivity contribution in [1.29, 1.82) is 0 Å². The summed E-state index contributed by atoms with van der Waals surface area (Å²) >= 11 is 5.88. The van der Waals surface area contributed by atoms with E-state index in [-0.39, 0.29) is 5.91 Å².